The molecule has 0 radical (unpaired) electrons. The van der Waals surface area contributed by atoms with Crippen LogP contribution in [0.25, 0.3) is 0 Å². The molecule has 0 bridgehead atoms. The Kier molecular flexibility index (Phi) is 5.75. The Hall–Kier alpha value is -1.14. The summed E-state index contributed by atoms with van der Waals surface area (Å²) in [7, 11) is 0. The van der Waals surface area contributed by atoms with Crippen molar-refractivity contribution in [2.45, 2.75) is 26.8 Å². The molecule has 2 amide bonds. The van der Waals surface area contributed by atoms with E-state index in [4.69, 9.17) is 5.11 Å². The first-order valence-corrected chi connectivity index (χ1v) is 6.78. The number of urea groups is 1. The van der Waals surface area contributed by atoms with Crippen molar-refractivity contribution in [2.24, 2.45) is 5.92 Å². The minimum atomic E-state index is -0.380. The maximum atomic E-state index is 13.3. The number of amides is 2. The lowest BCUT2D eigenvalue weighted by Gasteiger charge is -2.20. The lowest BCUT2D eigenvalue weighted by atomic mass is 10.1. The largest absolute Gasteiger partial charge is 0.396 e. The first-order chi connectivity index (χ1) is 8.85. The van der Waals surface area contributed by atoms with Gasteiger partial charge in [-0.25, -0.2) is 9.18 Å². The predicted molar refractivity (Wildman–Crippen MR) is 76.7 cm³/mol. The van der Waals surface area contributed by atoms with E-state index in [0.29, 0.717) is 15.7 Å². The number of halogens is 2. The summed E-state index contributed by atoms with van der Waals surface area (Å²) in [5, 5.41) is 14.4. The van der Waals surface area contributed by atoms with Gasteiger partial charge in [0.25, 0.3) is 0 Å². The highest BCUT2D eigenvalue weighted by atomic mass is 79.9. The SMILES string of the molecule is Cc1cc(F)c(Br)cc1NC(=O)NC(C)C(C)CO. The van der Waals surface area contributed by atoms with E-state index in [9.17, 15) is 9.18 Å². The number of aryl methyl sites for hydroxylation is 1. The minimum Gasteiger partial charge on any atom is -0.396 e. The van der Waals surface area contributed by atoms with E-state index in [1.54, 1.807) is 6.92 Å². The van der Waals surface area contributed by atoms with E-state index in [1.165, 1.54) is 12.1 Å². The highest BCUT2D eigenvalue weighted by Crippen LogP contribution is 2.24. The van der Waals surface area contributed by atoms with Crippen LogP contribution in [0.5, 0.6) is 0 Å². The first kappa shape index (κ1) is 15.9. The predicted octanol–water partition coefficient (Wildman–Crippen LogP) is 3.04. The van der Waals surface area contributed by atoms with Crippen LogP contribution < -0.4 is 10.6 Å². The topological polar surface area (TPSA) is 61.4 Å². The maximum absolute atomic E-state index is 13.3. The highest BCUT2D eigenvalue weighted by Gasteiger charge is 2.15. The zero-order valence-electron chi connectivity index (χ0n) is 11.1. The normalized spacial score (nSPS) is 13.8. The molecule has 0 aliphatic heterocycles. The standard InChI is InChI=1S/C13H18BrFN2O2/c1-7-4-11(15)10(14)5-12(7)17-13(19)16-9(3)8(2)6-18/h4-5,8-9,18H,6H2,1-3H3,(H2,16,17,19). The average molecular weight is 333 g/mol. The Balaban J connectivity index is 2.70. The molecule has 3 N–H and O–H groups in total. The number of aliphatic hydroxyl groups is 1. The summed E-state index contributed by atoms with van der Waals surface area (Å²) < 4.78 is 13.6. The van der Waals surface area contributed by atoms with E-state index >= 15 is 0 Å². The van der Waals surface area contributed by atoms with Gasteiger partial charge in [0, 0.05) is 18.3 Å². The van der Waals surface area contributed by atoms with Gasteiger partial charge in [-0.3, -0.25) is 0 Å². The fourth-order valence-corrected chi connectivity index (χ4v) is 1.79. The molecule has 1 aromatic carbocycles. The van der Waals surface area contributed by atoms with Crippen LogP contribution >= 0.6 is 15.9 Å². The molecule has 0 aliphatic carbocycles. The van der Waals surface area contributed by atoms with Gasteiger partial charge in [0.2, 0.25) is 0 Å². The molecule has 0 aromatic heterocycles. The van der Waals surface area contributed by atoms with E-state index in [0.717, 1.165) is 0 Å². The molecule has 4 nitrogen and oxygen atoms in total. The van der Waals surface area contributed by atoms with Crippen LogP contribution in [0, 0.1) is 18.7 Å². The second-order valence-electron chi connectivity index (χ2n) is 4.63. The quantitative estimate of drug-likeness (QED) is 0.793. The van der Waals surface area contributed by atoms with Gasteiger partial charge in [-0.1, -0.05) is 6.92 Å². The highest BCUT2D eigenvalue weighted by molar-refractivity contribution is 9.10. The van der Waals surface area contributed by atoms with Gasteiger partial charge in [0.15, 0.2) is 0 Å². The molecule has 1 aromatic rings. The van der Waals surface area contributed by atoms with Gasteiger partial charge in [0.1, 0.15) is 5.82 Å². The number of hydrogen-bond donors (Lipinski definition) is 3. The molecule has 0 spiro atoms. The molecule has 0 saturated carbocycles. The molecular weight excluding hydrogens is 315 g/mol. The number of carbonyl (C=O) groups is 1. The Labute approximate surface area is 120 Å². The van der Waals surface area contributed by atoms with Crippen molar-refractivity contribution in [2.75, 3.05) is 11.9 Å². The summed E-state index contributed by atoms with van der Waals surface area (Å²) >= 11 is 3.08. The summed E-state index contributed by atoms with van der Waals surface area (Å²) in [5.74, 6) is -0.405. The summed E-state index contributed by atoms with van der Waals surface area (Å²) in [4.78, 5) is 11.8. The number of nitrogens with one attached hydrogen (secondary N) is 2. The zero-order chi connectivity index (χ0) is 14.6. The second kappa shape index (κ2) is 6.86. The fourth-order valence-electron chi connectivity index (χ4n) is 1.45. The Bertz CT molecular complexity index is 468. The molecule has 106 valence electrons. The fraction of sp³-hybridized carbons (Fsp3) is 0.462. The smallest absolute Gasteiger partial charge is 0.319 e. The molecule has 2 atom stereocenters. The lowest BCUT2D eigenvalue weighted by molar-refractivity contribution is 0.204. The van der Waals surface area contributed by atoms with Gasteiger partial charge in [0.05, 0.1) is 4.47 Å². The van der Waals surface area contributed by atoms with E-state index in [-0.39, 0.29) is 30.4 Å². The van der Waals surface area contributed by atoms with Crippen LogP contribution in [0.1, 0.15) is 19.4 Å². The van der Waals surface area contributed by atoms with E-state index in [1.807, 2.05) is 13.8 Å². The molecule has 1 rings (SSSR count). The molecule has 0 saturated heterocycles. The lowest BCUT2D eigenvalue weighted by Crippen LogP contribution is -2.40. The van der Waals surface area contributed by atoms with Crippen molar-refractivity contribution < 1.29 is 14.3 Å². The molecule has 0 fully saturated rings. The van der Waals surface area contributed by atoms with Crippen LogP contribution in [0.15, 0.2) is 16.6 Å². The van der Waals surface area contributed by atoms with Crippen molar-refractivity contribution in [3.63, 3.8) is 0 Å². The Morgan fingerprint density at radius 1 is 1.47 bits per heavy atom. The van der Waals surface area contributed by atoms with Crippen molar-refractivity contribution in [1.29, 1.82) is 0 Å². The third-order valence-electron chi connectivity index (χ3n) is 3.02. The van der Waals surface area contributed by atoms with Gasteiger partial charge in [-0.15, -0.1) is 0 Å². The maximum Gasteiger partial charge on any atom is 0.319 e. The van der Waals surface area contributed by atoms with Crippen molar-refractivity contribution in [3.8, 4) is 0 Å². The van der Waals surface area contributed by atoms with Gasteiger partial charge in [-0.05, 0) is 53.4 Å². The molecule has 0 aliphatic rings. The summed E-state index contributed by atoms with van der Waals surface area (Å²) in [6.45, 7) is 5.37. The number of benzene rings is 1. The van der Waals surface area contributed by atoms with Gasteiger partial charge >= 0.3 is 6.03 Å². The van der Waals surface area contributed by atoms with Crippen LogP contribution in [-0.4, -0.2) is 23.8 Å². The van der Waals surface area contributed by atoms with E-state index in [2.05, 4.69) is 26.6 Å². The third-order valence-corrected chi connectivity index (χ3v) is 3.62. The Morgan fingerprint density at radius 2 is 2.11 bits per heavy atom. The third kappa shape index (κ3) is 4.47. The van der Waals surface area contributed by atoms with Crippen molar-refractivity contribution >= 4 is 27.6 Å². The molecule has 19 heavy (non-hydrogen) atoms. The van der Waals surface area contributed by atoms with Crippen LogP contribution in [-0.2, 0) is 0 Å². The first-order valence-electron chi connectivity index (χ1n) is 5.99. The average Bonchev–Trinajstić information content (AvgIpc) is 2.34. The van der Waals surface area contributed by atoms with Crippen molar-refractivity contribution in [1.82, 2.24) is 5.32 Å². The number of anilines is 1. The van der Waals surface area contributed by atoms with Crippen molar-refractivity contribution in [3.05, 3.63) is 28.0 Å². The summed E-state index contributed by atoms with van der Waals surface area (Å²) in [6, 6.07) is 2.33. The molecular formula is C13H18BrFN2O2. The van der Waals surface area contributed by atoms with Crippen LogP contribution in [0.3, 0.4) is 0 Å². The van der Waals surface area contributed by atoms with Crippen LogP contribution in [0.4, 0.5) is 14.9 Å². The minimum absolute atomic E-state index is 0.00255. The number of carbonyl (C=O) groups excluding carboxylic acids is 1. The van der Waals surface area contributed by atoms with Crippen LogP contribution in [0.2, 0.25) is 0 Å². The summed E-state index contributed by atoms with van der Waals surface area (Å²) in [6.07, 6.45) is 0. The molecule has 0 heterocycles. The van der Waals surface area contributed by atoms with Gasteiger partial charge < -0.3 is 15.7 Å². The number of hydrogen-bond acceptors (Lipinski definition) is 2. The molecule has 2 unspecified atom stereocenters. The number of rotatable bonds is 4. The number of aliphatic hydroxyl groups excluding tert-OH is 1. The zero-order valence-corrected chi connectivity index (χ0v) is 12.7. The monoisotopic (exact) mass is 332 g/mol. The summed E-state index contributed by atoms with van der Waals surface area (Å²) in [5.41, 5.74) is 1.17. The van der Waals surface area contributed by atoms with Gasteiger partial charge in [-0.2, -0.15) is 0 Å². The second-order valence-corrected chi connectivity index (χ2v) is 5.48. The molecule has 6 heteroatoms. The van der Waals surface area contributed by atoms with E-state index < -0.39 is 0 Å². The Morgan fingerprint density at radius 3 is 2.68 bits per heavy atom.